The van der Waals surface area contributed by atoms with Crippen LogP contribution >= 0.6 is 36.4 Å². The average molecular weight is 446 g/mol. The standard InChI is InChI=1S/C20H25ClN4O.2ClH/c21-18-3-1-2-4-19(18)24-17-9-11-25(12-10-17)20(26)23-14-16-7-5-15(13-22)6-8-16;;/h1-8,17,24H,9-14,22H2,(H,23,26);2*1H. The lowest BCUT2D eigenvalue weighted by molar-refractivity contribution is 0.183. The molecule has 2 aromatic rings. The first kappa shape index (κ1) is 24.4. The number of anilines is 1. The predicted molar refractivity (Wildman–Crippen MR) is 121 cm³/mol. The largest absolute Gasteiger partial charge is 0.381 e. The second-order valence-corrected chi connectivity index (χ2v) is 6.97. The van der Waals surface area contributed by atoms with Gasteiger partial charge in [0.15, 0.2) is 0 Å². The molecule has 0 aliphatic carbocycles. The van der Waals surface area contributed by atoms with E-state index in [-0.39, 0.29) is 30.8 Å². The van der Waals surface area contributed by atoms with Crippen LogP contribution in [-0.2, 0) is 13.1 Å². The number of likely N-dealkylation sites (tertiary alicyclic amines) is 1. The van der Waals surface area contributed by atoms with Crippen LogP contribution in [0.2, 0.25) is 5.02 Å². The fourth-order valence-corrected chi connectivity index (χ4v) is 3.30. The molecule has 1 aliphatic rings. The summed E-state index contributed by atoms with van der Waals surface area (Å²) >= 11 is 6.20. The van der Waals surface area contributed by atoms with Crippen LogP contribution in [0.1, 0.15) is 24.0 Å². The van der Waals surface area contributed by atoms with Gasteiger partial charge in [-0.1, -0.05) is 48.0 Å². The predicted octanol–water partition coefficient (Wildman–Crippen LogP) is 4.43. The maximum atomic E-state index is 12.4. The first-order chi connectivity index (χ1) is 12.7. The Morgan fingerprint density at radius 1 is 1.04 bits per heavy atom. The van der Waals surface area contributed by atoms with Crippen molar-refractivity contribution in [2.45, 2.75) is 32.0 Å². The number of carbonyl (C=O) groups is 1. The fourth-order valence-electron chi connectivity index (χ4n) is 3.11. The highest BCUT2D eigenvalue weighted by Gasteiger charge is 2.22. The van der Waals surface area contributed by atoms with E-state index < -0.39 is 0 Å². The number of urea groups is 1. The number of para-hydroxylation sites is 1. The van der Waals surface area contributed by atoms with Gasteiger partial charge >= 0.3 is 6.03 Å². The van der Waals surface area contributed by atoms with E-state index in [4.69, 9.17) is 17.3 Å². The Kier molecular flexibility index (Phi) is 10.5. The minimum atomic E-state index is -0.0101. The number of halogens is 3. The molecule has 0 unspecified atom stereocenters. The molecule has 28 heavy (non-hydrogen) atoms. The Labute approximate surface area is 183 Å². The summed E-state index contributed by atoms with van der Waals surface area (Å²) in [6, 6.07) is 16.1. The number of piperidine rings is 1. The maximum Gasteiger partial charge on any atom is 0.317 e. The van der Waals surface area contributed by atoms with Crippen LogP contribution in [0.5, 0.6) is 0 Å². The molecule has 2 amide bonds. The highest BCUT2D eigenvalue weighted by molar-refractivity contribution is 6.33. The molecule has 0 aromatic heterocycles. The third kappa shape index (κ3) is 6.74. The molecule has 154 valence electrons. The number of rotatable bonds is 5. The van der Waals surface area contributed by atoms with Crippen LogP contribution in [0.25, 0.3) is 0 Å². The molecule has 4 N–H and O–H groups in total. The normalized spacial score (nSPS) is 13.9. The van der Waals surface area contributed by atoms with Crippen LogP contribution in [0.4, 0.5) is 10.5 Å². The molecule has 1 fully saturated rings. The minimum Gasteiger partial charge on any atom is -0.381 e. The first-order valence-corrected chi connectivity index (χ1v) is 9.35. The Morgan fingerprint density at radius 3 is 2.25 bits per heavy atom. The zero-order valence-corrected chi connectivity index (χ0v) is 18.0. The molecular weight excluding hydrogens is 419 g/mol. The summed E-state index contributed by atoms with van der Waals surface area (Å²) in [7, 11) is 0. The lowest BCUT2D eigenvalue weighted by Gasteiger charge is -2.33. The summed E-state index contributed by atoms with van der Waals surface area (Å²) in [5, 5.41) is 7.20. The number of nitrogens with zero attached hydrogens (tertiary/aromatic N) is 1. The van der Waals surface area contributed by atoms with Crippen molar-refractivity contribution in [2.75, 3.05) is 18.4 Å². The monoisotopic (exact) mass is 444 g/mol. The highest BCUT2D eigenvalue weighted by atomic mass is 35.5. The number of nitrogens with two attached hydrogens (primary N) is 1. The van der Waals surface area contributed by atoms with Gasteiger partial charge in [-0.25, -0.2) is 4.79 Å². The van der Waals surface area contributed by atoms with E-state index in [2.05, 4.69) is 10.6 Å². The molecule has 0 spiro atoms. The summed E-state index contributed by atoms with van der Waals surface area (Å²) in [4.78, 5) is 14.2. The van der Waals surface area contributed by atoms with E-state index in [1.165, 1.54) is 0 Å². The summed E-state index contributed by atoms with van der Waals surface area (Å²) in [5.74, 6) is 0. The van der Waals surface area contributed by atoms with Crippen molar-refractivity contribution in [1.82, 2.24) is 10.2 Å². The SMILES string of the molecule is Cl.Cl.NCc1ccc(CNC(=O)N2CCC(Nc3ccccc3Cl)CC2)cc1. The molecule has 1 aliphatic heterocycles. The van der Waals surface area contributed by atoms with E-state index in [9.17, 15) is 4.79 Å². The molecule has 2 aromatic carbocycles. The molecule has 0 radical (unpaired) electrons. The number of hydrogen-bond donors (Lipinski definition) is 3. The van der Waals surface area contributed by atoms with Crippen molar-refractivity contribution >= 4 is 48.1 Å². The molecule has 8 heteroatoms. The van der Waals surface area contributed by atoms with Crippen molar-refractivity contribution in [3.8, 4) is 0 Å². The van der Waals surface area contributed by atoms with Crippen LogP contribution in [-0.4, -0.2) is 30.1 Å². The molecule has 1 saturated heterocycles. The van der Waals surface area contributed by atoms with E-state index in [1.54, 1.807) is 0 Å². The molecule has 5 nitrogen and oxygen atoms in total. The van der Waals surface area contributed by atoms with Gasteiger partial charge in [-0.3, -0.25) is 0 Å². The van der Waals surface area contributed by atoms with Crippen LogP contribution in [0.3, 0.4) is 0 Å². The van der Waals surface area contributed by atoms with Gasteiger partial charge in [0.25, 0.3) is 0 Å². The third-order valence-corrected chi connectivity index (χ3v) is 5.05. The zero-order chi connectivity index (χ0) is 18.4. The number of benzene rings is 2. The van der Waals surface area contributed by atoms with Crippen molar-refractivity contribution in [1.29, 1.82) is 0 Å². The van der Waals surface area contributed by atoms with Gasteiger partial charge in [0.2, 0.25) is 0 Å². The summed E-state index contributed by atoms with van der Waals surface area (Å²) < 4.78 is 0. The Balaban J connectivity index is 0.00000196. The van der Waals surface area contributed by atoms with Gasteiger partial charge in [-0.05, 0) is 36.1 Å². The Hall–Kier alpha value is -1.66. The molecule has 3 rings (SSSR count). The van der Waals surface area contributed by atoms with Crippen molar-refractivity contribution in [3.63, 3.8) is 0 Å². The third-order valence-electron chi connectivity index (χ3n) is 4.72. The zero-order valence-electron chi connectivity index (χ0n) is 15.6. The highest BCUT2D eigenvalue weighted by Crippen LogP contribution is 2.24. The molecular formula is C20H27Cl3N4O. The van der Waals surface area contributed by atoms with Gasteiger partial charge in [0.1, 0.15) is 0 Å². The number of amides is 2. The smallest absolute Gasteiger partial charge is 0.317 e. The summed E-state index contributed by atoms with van der Waals surface area (Å²) in [6.07, 6.45) is 1.81. The lowest BCUT2D eigenvalue weighted by atomic mass is 10.0. The van der Waals surface area contributed by atoms with Crippen LogP contribution in [0, 0.1) is 0 Å². The van der Waals surface area contributed by atoms with Crippen LogP contribution < -0.4 is 16.4 Å². The van der Waals surface area contributed by atoms with Gasteiger partial charge in [-0.15, -0.1) is 24.8 Å². The second kappa shape index (κ2) is 12.0. The van der Waals surface area contributed by atoms with Gasteiger partial charge < -0.3 is 21.3 Å². The quantitative estimate of drug-likeness (QED) is 0.637. The minimum absolute atomic E-state index is 0. The number of carbonyl (C=O) groups excluding carboxylic acids is 1. The Morgan fingerprint density at radius 2 is 1.64 bits per heavy atom. The summed E-state index contributed by atoms with van der Waals surface area (Å²) in [5.41, 5.74) is 8.72. The lowest BCUT2D eigenvalue weighted by Crippen LogP contribution is -2.46. The van der Waals surface area contributed by atoms with Gasteiger partial charge in [-0.2, -0.15) is 0 Å². The van der Waals surface area contributed by atoms with Gasteiger partial charge in [0, 0.05) is 32.2 Å². The van der Waals surface area contributed by atoms with Gasteiger partial charge in [0.05, 0.1) is 10.7 Å². The number of nitrogens with one attached hydrogen (secondary N) is 2. The van der Waals surface area contributed by atoms with Crippen molar-refractivity contribution in [2.24, 2.45) is 5.73 Å². The first-order valence-electron chi connectivity index (χ1n) is 8.97. The summed E-state index contributed by atoms with van der Waals surface area (Å²) in [6.45, 7) is 2.53. The van der Waals surface area contributed by atoms with Crippen LogP contribution in [0.15, 0.2) is 48.5 Å². The van der Waals surface area contributed by atoms with E-state index in [0.29, 0.717) is 19.1 Å². The second-order valence-electron chi connectivity index (χ2n) is 6.56. The fraction of sp³-hybridized carbons (Fsp3) is 0.350. The Bertz CT molecular complexity index is 734. The molecule has 1 heterocycles. The molecule has 0 bridgehead atoms. The topological polar surface area (TPSA) is 70.4 Å². The number of hydrogen-bond acceptors (Lipinski definition) is 3. The van der Waals surface area contributed by atoms with Crippen molar-refractivity contribution < 1.29 is 4.79 Å². The maximum absolute atomic E-state index is 12.4. The molecule has 0 saturated carbocycles. The van der Waals surface area contributed by atoms with E-state index in [0.717, 1.165) is 47.8 Å². The average Bonchev–Trinajstić information content (AvgIpc) is 2.69. The van der Waals surface area contributed by atoms with E-state index in [1.807, 2.05) is 53.4 Å². The van der Waals surface area contributed by atoms with Crippen molar-refractivity contribution in [3.05, 3.63) is 64.7 Å². The molecule has 0 atom stereocenters. The van der Waals surface area contributed by atoms with E-state index >= 15 is 0 Å².